The molecule has 25 heavy (non-hydrogen) atoms. The standard InChI is InChI=1S/C13H8F6N4O2/c14-12(15,16)8-4-22-5-9(10(8)25-13(17,18)19)23-7-1-6(11(20)24)2-21-3-7/h1-5,23H,(H2,20,24). The minimum absolute atomic E-state index is 0.0931. The molecule has 2 rings (SSSR count). The van der Waals surface area contributed by atoms with Crippen molar-refractivity contribution in [2.75, 3.05) is 5.32 Å². The Bertz CT molecular complexity index is 791. The van der Waals surface area contributed by atoms with Gasteiger partial charge < -0.3 is 15.8 Å². The lowest BCUT2D eigenvalue weighted by Crippen LogP contribution is -2.21. The molecule has 0 aliphatic heterocycles. The second-order valence-corrected chi connectivity index (χ2v) is 4.56. The van der Waals surface area contributed by atoms with E-state index < -0.39 is 35.4 Å². The van der Waals surface area contributed by atoms with Crippen LogP contribution in [0.1, 0.15) is 15.9 Å². The lowest BCUT2D eigenvalue weighted by atomic mass is 10.2. The lowest BCUT2D eigenvalue weighted by molar-refractivity contribution is -0.276. The van der Waals surface area contributed by atoms with E-state index >= 15 is 0 Å². The summed E-state index contributed by atoms with van der Waals surface area (Å²) in [5.41, 5.74) is 2.37. The summed E-state index contributed by atoms with van der Waals surface area (Å²) in [6.07, 6.45) is -7.48. The molecule has 134 valence electrons. The molecule has 0 aromatic carbocycles. The van der Waals surface area contributed by atoms with E-state index in [1.165, 1.54) is 0 Å². The van der Waals surface area contributed by atoms with Crippen LogP contribution in [0.15, 0.2) is 30.9 Å². The topological polar surface area (TPSA) is 90.1 Å². The van der Waals surface area contributed by atoms with Crippen molar-refractivity contribution in [3.05, 3.63) is 42.0 Å². The Labute approximate surface area is 135 Å². The normalized spacial score (nSPS) is 11.9. The molecule has 0 fully saturated rings. The van der Waals surface area contributed by atoms with E-state index in [0.717, 1.165) is 18.5 Å². The van der Waals surface area contributed by atoms with E-state index in [0.29, 0.717) is 6.20 Å². The molecule has 0 atom stereocenters. The molecule has 0 aliphatic rings. The van der Waals surface area contributed by atoms with E-state index in [9.17, 15) is 31.1 Å². The van der Waals surface area contributed by atoms with Gasteiger partial charge in [0.2, 0.25) is 5.91 Å². The van der Waals surface area contributed by atoms with Gasteiger partial charge in [0.05, 0.1) is 23.6 Å². The number of hydrogen-bond donors (Lipinski definition) is 2. The van der Waals surface area contributed by atoms with E-state index in [1.54, 1.807) is 0 Å². The molecule has 12 heteroatoms. The predicted molar refractivity (Wildman–Crippen MR) is 72.0 cm³/mol. The summed E-state index contributed by atoms with van der Waals surface area (Å²) in [5.74, 6) is -2.40. The van der Waals surface area contributed by atoms with Crippen molar-refractivity contribution < 1.29 is 35.9 Å². The average molecular weight is 366 g/mol. The first-order valence-electron chi connectivity index (χ1n) is 6.30. The minimum atomic E-state index is -5.37. The highest BCUT2D eigenvalue weighted by molar-refractivity contribution is 5.93. The number of pyridine rings is 2. The Morgan fingerprint density at radius 2 is 1.68 bits per heavy atom. The van der Waals surface area contributed by atoms with Crippen LogP contribution in [0.25, 0.3) is 0 Å². The van der Waals surface area contributed by atoms with Crippen LogP contribution in [0.3, 0.4) is 0 Å². The number of nitrogens with two attached hydrogens (primary N) is 1. The van der Waals surface area contributed by atoms with Crippen molar-refractivity contribution in [2.24, 2.45) is 5.73 Å². The van der Waals surface area contributed by atoms with Crippen molar-refractivity contribution >= 4 is 17.3 Å². The summed E-state index contributed by atoms with van der Waals surface area (Å²) in [5, 5.41) is 2.25. The number of alkyl halides is 6. The number of rotatable bonds is 4. The van der Waals surface area contributed by atoms with Gasteiger partial charge in [-0.05, 0) is 6.07 Å². The zero-order valence-electron chi connectivity index (χ0n) is 11.9. The van der Waals surface area contributed by atoms with Gasteiger partial charge in [0.25, 0.3) is 0 Å². The van der Waals surface area contributed by atoms with E-state index in [-0.39, 0.29) is 17.4 Å². The molecular formula is C13H8F6N4O2. The van der Waals surface area contributed by atoms with Crippen molar-refractivity contribution in [3.63, 3.8) is 0 Å². The maximum atomic E-state index is 12.9. The molecule has 3 N–H and O–H groups in total. The Morgan fingerprint density at radius 3 is 2.24 bits per heavy atom. The van der Waals surface area contributed by atoms with Gasteiger partial charge >= 0.3 is 12.5 Å². The monoisotopic (exact) mass is 366 g/mol. The second kappa shape index (κ2) is 6.45. The van der Waals surface area contributed by atoms with Crippen molar-refractivity contribution in [1.82, 2.24) is 9.97 Å². The van der Waals surface area contributed by atoms with Crippen LogP contribution >= 0.6 is 0 Å². The third-order valence-corrected chi connectivity index (χ3v) is 2.72. The molecule has 0 spiro atoms. The molecule has 2 aromatic rings. The number of anilines is 2. The van der Waals surface area contributed by atoms with Crippen molar-refractivity contribution in [2.45, 2.75) is 12.5 Å². The predicted octanol–water partition coefficient (Wildman–Crippen LogP) is 3.24. The van der Waals surface area contributed by atoms with Crippen LogP contribution in [0.2, 0.25) is 0 Å². The van der Waals surface area contributed by atoms with Gasteiger partial charge in [0, 0.05) is 12.4 Å². The van der Waals surface area contributed by atoms with Crippen LogP contribution in [0, 0.1) is 0 Å². The first-order valence-corrected chi connectivity index (χ1v) is 6.30. The summed E-state index contributed by atoms with van der Waals surface area (Å²) in [6, 6.07) is 1.09. The maximum absolute atomic E-state index is 12.9. The van der Waals surface area contributed by atoms with Gasteiger partial charge in [0.15, 0.2) is 5.75 Å². The number of aromatic nitrogens is 2. The van der Waals surface area contributed by atoms with Gasteiger partial charge in [-0.15, -0.1) is 13.2 Å². The third-order valence-electron chi connectivity index (χ3n) is 2.72. The number of nitrogens with one attached hydrogen (secondary N) is 1. The minimum Gasteiger partial charge on any atom is -0.403 e. The van der Waals surface area contributed by atoms with Crippen LogP contribution in [-0.4, -0.2) is 22.2 Å². The number of primary amides is 1. The third kappa shape index (κ3) is 4.71. The highest BCUT2D eigenvalue weighted by Crippen LogP contribution is 2.42. The average Bonchev–Trinajstić information content (AvgIpc) is 2.46. The zero-order valence-corrected chi connectivity index (χ0v) is 11.9. The summed E-state index contributed by atoms with van der Waals surface area (Å²) < 4.78 is 79.7. The lowest BCUT2D eigenvalue weighted by Gasteiger charge is -2.18. The maximum Gasteiger partial charge on any atom is 0.573 e. The molecular weight excluding hydrogens is 358 g/mol. The summed E-state index contributed by atoms with van der Waals surface area (Å²) in [7, 11) is 0. The summed E-state index contributed by atoms with van der Waals surface area (Å²) in [6.45, 7) is 0. The number of halogens is 6. The van der Waals surface area contributed by atoms with Crippen molar-refractivity contribution in [1.29, 1.82) is 0 Å². The van der Waals surface area contributed by atoms with Gasteiger partial charge in [-0.1, -0.05) is 0 Å². The number of carbonyl (C=O) groups excluding carboxylic acids is 1. The fourth-order valence-electron chi connectivity index (χ4n) is 1.76. The fraction of sp³-hybridized carbons (Fsp3) is 0.154. The van der Waals surface area contributed by atoms with Gasteiger partial charge in [-0.2, -0.15) is 13.2 Å². The Morgan fingerprint density at radius 1 is 1.04 bits per heavy atom. The highest BCUT2D eigenvalue weighted by Gasteiger charge is 2.41. The highest BCUT2D eigenvalue weighted by atomic mass is 19.4. The number of carbonyl (C=O) groups is 1. The van der Waals surface area contributed by atoms with E-state index in [1.807, 2.05) is 0 Å². The number of amides is 1. The summed E-state index contributed by atoms with van der Waals surface area (Å²) >= 11 is 0. The molecule has 6 nitrogen and oxygen atoms in total. The molecule has 2 aromatic heterocycles. The SMILES string of the molecule is NC(=O)c1cncc(Nc2cncc(C(F)(F)F)c2OC(F)(F)F)c1. The Balaban J connectivity index is 2.50. The Kier molecular flexibility index (Phi) is 4.72. The molecule has 0 unspecified atom stereocenters. The van der Waals surface area contributed by atoms with Crippen LogP contribution in [-0.2, 0) is 6.18 Å². The molecule has 0 saturated carbocycles. The van der Waals surface area contributed by atoms with Crippen LogP contribution in [0.4, 0.5) is 37.7 Å². The largest absolute Gasteiger partial charge is 0.573 e. The van der Waals surface area contributed by atoms with Crippen molar-refractivity contribution in [3.8, 4) is 5.75 Å². The smallest absolute Gasteiger partial charge is 0.403 e. The van der Waals surface area contributed by atoms with Crippen LogP contribution < -0.4 is 15.8 Å². The summed E-state index contributed by atoms with van der Waals surface area (Å²) in [4.78, 5) is 17.9. The second-order valence-electron chi connectivity index (χ2n) is 4.56. The van der Waals surface area contributed by atoms with Crippen LogP contribution in [0.5, 0.6) is 5.75 Å². The van der Waals surface area contributed by atoms with Gasteiger partial charge in [0.1, 0.15) is 11.3 Å². The molecule has 1 amide bonds. The first kappa shape index (κ1) is 18.3. The molecule has 0 aliphatic carbocycles. The zero-order chi connectivity index (χ0) is 18.8. The number of ether oxygens (including phenoxy) is 1. The molecule has 0 bridgehead atoms. The fourth-order valence-corrected chi connectivity index (χ4v) is 1.76. The van der Waals surface area contributed by atoms with Gasteiger partial charge in [-0.3, -0.25) is 14.8 Å². The number of nitrogens with zero attached hydrogens (tertiary/aromatic N) is 2. The molecule has 0 saturated heterocycles. The molecule has 0 radical (unpaired) electrons. The first-order chi connectivity index (χ1) is 11.5. The molecule has 2 heterocycles. The van der Waals surface area contributed by atoms with E-state index in [4.69, 9.17) is 5.73 Å². The number of hydrogen-bond acceptors (Lipinski definition) is 5. The Hall–Kier alpha value is -3.05. The van der Waals surface area contributed by atoms with Gasteiger partial charge in [-0.25, -0.2) is 0 Å². The quantitative estimate of drug-likeness (QED) is 0.811. The van der Waals surface area contributed by atoms with E-state index in [2.05, 4.69) is 20.0 Å².